The first-order valence-corrected chi connectivity index (χ1v) is 7.19. The van der Waals surface area contributed by atoms with Crippen molar-refractivity contribution in [2.75, 3.05) is 13.2 Å². The molecule has 0 aliphatic heterocycles. The second kappa shape index (κ2) is 13.8. The molecule has 0 fully saturated rings. The fourth-order valence-corrected chi connectivity index (χ4v) is 1.01. The second-order valence-electron chi connectivity index (χ2n) is 5.60. The van der Waals surface area contributed by atoms with E-state index in [2.05, 4.69) is 41.2 Å². The Kier molecular flexibility index (Phi) is 15.4. The molecule has 0 rings (SSSR count). The molecule has 0 amide bonds. The predicted molar refractivity (Wildman–Crippen MR) is 79.5 cm³/mol. The molecule has 17 heavy (non-hydrogen) atoms. The van der Waals surface area contributed by atoms with E-state index in [9.17, 15) is 0 Å². The molecule has 1 heteroatoms. The molecule has 0 heterocycles. The van der Waals surface area contributed by atoms with Gasteiger partial charge in [-0.25, -0.2) is 0 Å². The van der Waals surface area contributed by atoms with Crippen molar-refractivity contribution in [2.45, 2.75) is 73.1 Å². The summed E-state index contributed by atoms with van der Waals surface area (Å²) in [6.45, 7) is 16.4. The highest BCUT2D eigenvalue weighted by Gasteiger charge is 1.99. The maximum absolute atomic E-state index is 5.44. The highest BCUT2D eigenvalue weighted by molar-refractivity contribution is 4.82. The van der Waals surface area contributed by atoms with E-state index in [4.69, 9.17) is 4.74 Å². The average molecular weight is 242 g/mol. The molecule has 0 spiro atoms. The number of allylic oxidation sites excluding steroid dienone is 1. The van der Waals surface area contributed by atoms with E-state index in [0.29, 0.717) is 5.41 Å². The highest BCUT2D eigenvalue weighted by atomic mass is 16.5. The molecule has 0 aliphatic carbocycles. The van der Waals surface area contributed by atoms with Gasteiger partial charge in [-0.3, -0.25) is 0 Å². The quantitative estimate of drug-likeness (QED) is 0.397. The monoisotopic (exact) mass is 242 g/mol. The van der Waals surface area contributed by atoms with Gasteiger partial charge >= 0.3 is 0 Å². The topological polar surface area (TPSA) is 9.23 Å². The van der Waals surface area contributed by atoms with Gasteiger partial charge in [0.05, 0.1) is 0 Å². The second-order valence-corrected chi connectivity index (χ2v) is 5.60. The molecule has 0 saturated carbocycles. The van der Waals surface area contributed by atoms with Gasteiger partial charge in [-0.15, -0.1) is 6.58 Å². The molecular formula is C16H34O. The lowest BCUT2D eigenvalue weighted by molar-refractivity contribution is 0.126. The van der Waals surface area contributed by atoms with Gasteiger partial charge in [0.15, 0.2) is 0 Å². The molecule has 104 valence electrons. The van der Waals surface area contributed by atoms with Gasteiger partial charge in [0.25, 0.3) is 0 Å². The Morgan fingerprint density at radius 2 is 1.24 bits per heavy atom. The van der Waals surface area contributed by atoms with Crippen molar-refractivity contribution in [1.82, 2.24) is 0 Å². The molecule has 0 N–H and O–H groups in total. The van der Waals surface area contributed by atoms with Crippen LogP contribution in [0.4, 0.5) is 0 Å². The molecule has 0 bridgehead atoms. The molecule has 0 radical (unpaired) electrons. The third-order valence-electron chi connectivity index (χ3n) is 2.40. The fraction of sp³-hybridized carbons (Fsp3) is 0.875. The van der Waals surface area contributed by atoms with Gasteiger partial charge in [-0.1, -0.05) is 66.4 Å². The minimum absolute atomic E-state index is 0.306. The van der Waals surface area contributed by atoms with Gasteiger partial charge in [-0.2, -0.15) is 0 Å². The molecule has 0 aliphatic rings. The van der Waals surface area contributed by atoms with Crippen molar-refractivity contribution >= 4 is 0 Å². The lowest BCUT2D eigenvalue weighted by Gasteiger charge is -2.08. The van der Waals surface area contributed by atoms with Crippen molar-refractivity contribution in [3.05, 3.63) is 12.7 Å². The fourth-order valence-electron chi connectivity index (χ4n) is 1.01. The van der Waals surface area contributed by atoms with E-state index in [1.807, 2.05) is 6.08 Å². The normalized spacial score (nSPS) is 10.6. The molecule has 0 atom stereocenters. The van der Waals surface area contributed by atoms with E-state index in [1.165, 1.54) is 38.5 Å². The predicted octanol–water partition coefficient (Wildman–Crippen LogP) is 5.60. The van der Waals surface area contributed by atoms with Crippen LogP contribution in [0.5, 0.6) is 0 Å². The first kappa shape index (κ1) is 19.0. The van der Waals surface area contributed by atoms with E-state index in [-0.39, 0.29) is 0 Å². The lowest BCUT2D eigenvalue weighted by atomic mass is 9.98. The van der Waals surface area contributed by atoms with E-state index >= 15 is 0 Å². The summed E-state index contributed by atoms with van der Waals surface area (Å²) in [6.07, 6.45) is 9.62. The minimum atomic E-state index is 0.306. The lowest BCUT2D eigenvalue weighted by Crippen LogP contribution is -1.96. The SMILES string of the molecule is C=CC(C)(C)C.CCCCCOCCCCC. The van der Waals surface area contributed by atoms with Crippen LogP contribution in [0.15, 0.2) is 12.7 Å². The summed E-state index contributed by atoms with van der Waals surface area (Å²) in [7, 11) is 0. The van der Waals surface area contributed by atoms with Gasteiger partial charge in [0, 0.05) is 13.2 Å². The third-order valence-corrected chi connectivity index (χ3v) is 2.40. The number of hydrogen-bond acceptors (Lipinski definition) is 1. The number of ether oxygens (including phenoxy) is 1. The molecule has 0 aromatic carbocycles. The van der Waals surface area contributed by atoms with E-state index in [0.717, 1.165) is 13.2 Å². The van der Waals surface area contributed by atoms with Crippen LogP contribution in [0.2, 0.25) is 0 Å². The number of rotatable bonds is 8. The molecule has 0 unspecified atom stereocenters. The van der Waals surface area contributed by atoms with Crippen LogP contribution in [0, 0.1) is 5.41 Å². The zero-order chi connectivity index (χ0) is 13.6. The summed E-state index contributed by atoms with van der Waals surface area (Å²) in [5.41, 5.74) is 0.306. The highest BCUT2D eigenvalue weighted by Crippen LogP contribution is 2.11. The molecule has 0 aromatic heterocycles. The summed E-state index contributed by atoms with van der Waals surface area (Å²) in [4.78, 5) is 0. The maximum Gasteiger partial charge on any atom is 0.0466 e. The Hall–Kier alpha value is -0.300. The average Bonchev–Trinajstić information content (AvgIpc) is 2.28. The number of hydrogen-bond donors (Lipinski definition) is 0. The van der Waals surface area contributed by atoms with Gasteiger partial charge < -0.3 is 4.74 Å². The van der Waals surface area contributed by atoms with Crippen molar-refractivity contribution in [2.24, 2.45) is 5.41 Å². The van der Waals surface area contributed by atoms with Crippen LogP contribution in [0.1, 0.15) is 73.1 Å². The first-order chi connectivity index (χ1) is 7.97. The van der Waals surface area contributed by atoms with E-state index < -0.39 is 0 Å². The number of unbranched alkanes of at least 4 members (excludes halogenated alkanes) is 4. The van der Waals surface area contributed by atoms with Crippen LogP contribution in [-0.2, 0) is 4.74 Å². The van der Waals surface area contributed by atoms with Gasteiger partial charge in [-0.05, 0) is 18.3 Å². The van der Waals surface area contributed by atoms with Crippen LogP contribution in [0.3, 0.4) is 0 Å². The zero-order valence-electron chi connectivity index (χ0n) is 12.8. The molecule has 1 nitrogen and oxygen atoms in total. The van der Waals surface area contributed by atoms with E-state index in [1.54, 1.807) is 0 Å². The maximum atomic E-state index is 5.44. The van der Waals surface area contributed by atoms with Crippen molar-refractivity contribution in [3.63, 3.8) is 0 Å². The summed E-state index contributed by atoms with van der Waals surface area (Å²) in [6, 6.07) is 0. The standard InChI is InChI=1S/C10H22O.C6H12/c1-3-5-7-9-11-10-8-6-4-2;1-5-6(2,3)4/h3-10H2,1-2H3;5H,1H2,2-4H3. The Labute approximate surface area is 110 Å². The molecular weight excluding hydrogens is 208 g/mol. The Morgan fingerprint density at radius 1 is 0.882 bits per heavy atom. The third kappa shape index (κ3) is 25.7. The zero-order valence-corrected chi connectivity index (χ0v) is 12.8. The van der Waals surface area contributed by atoms with Crippen LogP contribution >= 0.6 is 0 Å². The van der Waals surface area contributed by atoms with Crippen molar-refractivity contribution in [3.8, 4) is 0 Å². The van der Waals surface area contributed by atoms with Gasteiger partial charge in [0.1, 0.15) is 0 Å². The largest absolute Gasteiger partial charge is 0.381 e. The molecule has 0 aromatic rings. The first-order valence-electron chi connectivity index (χ1n) is 7.19. The van der Waals surface area contributed by atoms with Crippen molar-refractivity contribution < 1.29 is 4.74 Å². The summed E-state index contributed by atoms with van der Waals surface area (Å²) in [5, 5.41) is 0. The van der Waals surface area contributed by atoms with Crippen LogP contribution < -0.4 is 0 Å². The van der Waals surface area contributed by atoms with Gasteiger partial charge in [0.2, 0.25) is 0 Å². The smallest absolute Gasteiger partial charge is 0.0466 e. The minimum Gasteiger partial charge on any atom is -0.381 e. The summed E-state index contributed by atoms with van der Waals surface area (Å²) < 4.78 is 5.44. The Balaban J connectivity index is 0. The van der Waals surface area contributed by atoms with Crippen LogP contribution in [0.25, 0.3) is 0 Å². The Bertz CT molecular complexity index is 136. The summed E-state index contributed by atoms with van der Waals surface area (Å²) >= 11 is 0. The van der Waals surface area contributed by atoms with Crippen LogP contribution in [-0.4, -0.2) is 13.2 Å². The van der Waals surface area contributed by atoms with Crippen molar-refractivity contribution in [1.29, 1.82) is 0 Å². The Morgan fingerprint density at radius 3 is 1.47 bits per heavy atom. The summed E-state index contributed by atoms with van der Waals surface area (Å²) in [5.74, 6) is 0. The molecule has 0 saturated heterocycles.